The molecule has 21 heavy (non-hydrogen) atoms. The topological polar surface area (TPSA) is 33.7 Å². The Balaban J connectivity index is 2.04. The van der Waals surface area contributed by atoms with Gasteiger partial charge in [0.2, 0.25) is 0 Å². The highest BCUT2D eigenvalue weighted by atomic mass is 16.5. The number of nitrogens with one attached hydrogen (secondary N) is 1. The first kappa shape index (κ1) is 16.3. The van der Waals surface area contributed by atoms with Crippen LogP contribution in [0.1, 0.15) is 30.9 Å². The van der Waals surface area contributed by atoms with Crippen molar-refractivity contribution in [2.24, 2.45) is 0 Å². The molecule has 118 valence electrons. The van der Waals surface area contributed by atoms with Crippen LogP contribution in [0.25, 0.3) is 0 Å². The molecular formula is C17H28N2O2. The van der Waals surface area contributed by atoms with Gasteiger partial charge in [0.15, 0.2) is 0 Å². The summed E-state index contributed by atoms with van der Waals surface area (Å²) >= 11 is 0. The number of hydrogen-bond donors (Lipinski definition) is 1. The van der Waals surface area contributed by atoms with Crippen molar-refractivity contribution < 1.29 is 9.47 Å². The van der Waals surface area contributed by atoms with E-state index in [1.165, 1.54) is 11.1 Å². The highest BCUT2D eigenvalue weighted by molar-refractivity contribution is 5.37. The SMILES string of the molecule is CCNCc1ccc(OC)c(CN(C)C2CCOCC2)c1. The minimum atomic E-state index is 0.612. The lowest BCUT2D eigenvalue weighted by Gasteiger charge is -2.31. The first-order valence-electron chi connectivity index (χ1n) is 7.89. The summed E-state index contributed by atoms with van der Waals surface area (Å²) in [5.74, 6) is 0.981. The molecule has 1 N–H and O–H groups in total. The molecule has 1 aliphatic rings. The second kappa shape index (κ2) is 8.37. The summed E-state index contributed by atoms with van der Waals surface area (Å²) in [6.45, 7) is 6.72. The third-order valence-electron chi connectivity index (χ3n) is 4.16. The monoisotopic (exact) mass is 292 g/mol. The Morgan fingerprint density at radius 3 is 2.76 bits per heavy atom. The van der Waals surface area contributed by atoms with Gasteiger partial charge < -0.3 is 14.8 Å². The van der Waals surface area contributed by atoms with Crippen molar-refractivity contribution in [3.05, 3.63) is 29.3 Å². The molecule has 2 rings (SSSR count). The summed E-state index contributed by atoms with van der Waals surface area (Å²) in [5, 5.41) is 3.37. The Morgan fingerprint density at radius 2 is 2.10 bits per heavy atom. The molecule has 0 aliphatic carbocycles. The Morgan fingerprint density at radius 1 is 1.33 bits per heavy atom. The van der Waals surface area contributed by atoms with Crippen LogP contribution >= 0.6 is 0 Å². The molecule has 4 nitrogen and oxygen atoms in total. The summed E-state index contributed by atoms with van der Waals surface area (Å²) in [6.07, 6.45) is 2.24. The van der Waals surface area contributed by atoms with Gasteiger partial charge in [-0.1, -0.05) is 13.0 Å². The van der Waals surface area contributed by atoms with Gasteiger partial charge in [-0.15, -0.1) is 0 Å². The molecule has 1 saturated heterocycles. The number of ether oxygens (including phenoxy) is 2. The van der Waals surface area contributed by atoms with Crippen molar-refractivity contribution in [3.8, 4) is 5.75 Å². The van der Waals surface area contributed by atoms with Gasteiger partial charge in [0.1, 0.15) is 5.75 Å². The average Bonchev–Trinajstić information content (AvgIpc) is 2.54. The third kappa shape index (κ3) is 4.70. The third-order valence-corrected chi connectivity index (χ3v) is 4.16. The fraction of sp³-hybridized carbons (Fsp3) is 0.647. The van der Waals surface area contributed by atoms with Crippen LogP contribution < -0.4 is 10.1 Å². The lowest BCUT2D eigenvalue weighted by molar-refractivity contribution is 0.0405. The zero-order valence-electron chi connectivity index (χ0n) is 13.5. The maximum Gasteiger partial charge on any atom is 0.123 e. The standard InChI is InChI=1S/C17H28N2O2/c1-4-18-12-14-5-6-17(20-3)15(11-14)13-19(2)16-7-9-21-10-8-16/h5-6,11,16,18H,4,7-10,12-13H2,1-3H3. The van der Waals surface area contributed by atoms with Gasteiger partial charge in [0.25, 0.3) is 0 Å². The summed E-state index contributed by atoms with van der Waals surface area (Å²) < 4.78 is 11.0. The molecule has 0 aromatic heterocycles. The second-order valence-corrected chi connectivity index (χ2v) is 5.69. The lowest BCUT2D eigenvalue weighted by atomic mass is 10.0. The maximum atomic E-state index is 5.52. The van der Waals surface area contributed by atoms with E-state index in [0.717, 1.165) is 51.4 Å². The van der Waals surface area contributed by atoms with Crippen LogP contribution in [0.3, 0.4) is 0 Å². The maximum absolute atomic E-state index is 5.52. The van der Waals surface area contributed by atoms with Crippen molar-refractivity contribution in [3.63, 3.8) is 0 Å². The van der Waals surface area contributed by atoms with Crippen LogP contribution in [-0.4, -0.2) is 44.9 Å². The zero-order valence-corrected chi connectivity index (χ0v) is 13.5. The fourth-order valence-corrected chi connectivity index (χ4v) is 2.86. The Kier molecular flexibility index (Phi) is 6.49. The van der Waals surface area contributed by atoms with E-state index in [2.05, 4.69) is 42.4 Å². The van der Waals surface area contributed by atoms with E-state index in [1.54, 1.807) is 7.11 Å². The van der Waals surface area contributed by atoms with Crippen molar-refractivity contribution in [1.29, 1.82) is 0 Å². The van der Waals surface area contributed by atoms with Gasteiger partial charge in [-0.25, -0.2) is 0 Å². The summed E-state index contributed by atoms with van der Waals surface area (Å²) in [6, 6.07) is 7.09. The predicted octanol–water partition coefficient (Wildman–Crippen LogP) is 2.42. The largest absolute Gasteiger partial charge is 0.496 e. The number of rotatable bonds is 7. The van der Waals surface area contributed by atoms with Gasteiger partial charge in [-0.3, -0.25) is 4.90 Å². The van der Waals surface area contributed by atoms with Crippen molar-refractivity contribution >= 4 is 0 Å². The van der Waals surface area contributed by atoms with Gasteiger partial charge >= 0.3 is 0 Å². The molecule has 0 amide bonds. The molecule has 1 aromatic rings. The van der Waals surface area contributed by atoms with Crippen LogP contribution in [0.4, 0.5) is 0 Å². The first-order valence-corrected chi connectivity index (χ1v) is 7.89. The molecule has 0 atom stereocenters. The van der Waals surface area contributed by atoms with Crippen LogP contribution in [-0.2, 0) is 17.8 Å². The first-order chi connectivity index (χ1) is 10.2. The molecule has 0 saturated carbocycles. The number of benzene rings is 1. The molecule has 0 radical (unpaired) electrons. The second-order valence-electron chi connectivity index (χ2n) is 5.69. The van der Waals surface area contributed by atoms with Gasteiger partial charge in [0.05, 0.1) is 7.11 Å². The Hall–Kier alpha value is -1.10. The van der Waals surface area contributed by atoms with Crippen LogP contribution in [0.5, 0.6) is 5.75 Å². The normalized spacial score (nSPS) is 16.4. The van der Waals surface area contributed by atoms with E-state index >= 15 is 0 Å². The highest BCUT2D eigenvalue weighted by Crippen LogP contribution is 2.23. The van der Waals surface area contributed by atoms with E-state index in [4.69, 9.17) is 9.47 Å². The minimum Gasteiger partial charge on any atom is -0.496 e. The number of hydrogen-bond acceptors (Lipinski definition) is 4. The minimum absolute atomic E-state index is 0.612. The number of methoxy groups -OCH3 is 1. The fourth-order valence-electron chi connectivity index (χ4n) is 2.86. The number of nitrogens with zero attached hydrogens (tertiary/aromatic N) is 1. The zero-order chi connectivity index (χ0) is 15.1. The smallest absolute Gasteiger partial charge is 0.123 e. The molecular weight excluding hydrogens is 264 g/mol. The van der Waals surface area contributed by atoms with Crippen molar-refractivity contribution in [2.75, 3.05) is 33.9 Å². The molecule has 1 heterocycles. The summed E-state index contributed by atoms with van der Waals surface area (Å²) in [4.78, 5) is 2.43. The van der Waals surface area contributed by atoms with Crippen LogP contribution in [0.15, 0.2) is 18.2 Å². The highest BCUT2D eigenvalue weighted by Gasteiger charge is 2.19. The summed E-state index contributed by atoms with van der Waals surface area (Å²) in [5.41, 5.74) is 2.58. The molecule has 0 bridgehead atoms. The molecule has 0 spiro atoms. The van der Waals surface area contributed by atoms with E-state index < -0.39 is 0 Å². The van der Waals surface area contributed by atoms with Crippen molar-refractivity contribution in [1.82, 2.24) is 10.2 Å². The quantitative estimate of drug-likeness (QED) is 0.837. The Labute approximate surface area is 128 Å². The predicted molar refractivity (Wildman–Crippen MR) is 85.7 cm³/mol. The summed E-state index contributed by atoms with van der Waals surface area (Å²) in [7, 11) is 3.95. The van der Waals surface area contributed by atoms with Gasteiger partial charge in [0, 0.05) is 37.9 Å². The van der Waals surface area contributed by atoms with E-state index in [9.17, 15) is 0 Å². The Bertz CT molecular complexity index is 431. The van der Waals surface area contributed by atoms with Gasteiger partial charge in [-0.05, 0) is 44.1 Å². The van der Waals surface area contributed by atoms with E-state index in [0.29, 0.717) is 6.04 Å². The average molecular weight is 292 g/mol. The van der Waals surface area contributed by atoms with Crippen LogP contribution in [0, 0.1) is 0 Å². The molecule has 1 aliphatic heterocycles. The lowest BCUT2D eigenvalue weighted by Crippen LogP contribution is -2.36. The van der Waals surface area contributed by atoms with E-state index in [-0.39, 0.29) is 0 Å². The van der Waals surface area contributed by atoms with Crippen LogP contribution in [0.2, 0.25) is 0 Å². The van der Waals surface area contributed by atoms with E-state index in [1.807, 2.05) is 0 Å². The van der Waals surface area contributed by atoms with Crippen molar-refractivity contribution in [2.45, 2.75) is 38.9 Å². The van der Waals surface area contributed by atoms with Gasteiger partial charge in [-0.2, -0.15) is 0 Å². The molecule has 1 aromatic carbocycles. The molecule has 4 heteroatoms. The molecule has 0 unspecified atom stereocenters. The molecule has 1 fully saturated rings.